The average Bonchev–Trinajstić information content (AvgIpc) is 2.40. The number of anilines is 1. The molecule has 0 aliphatic carbocycles. The molecule has 0 aromatic heterocycles. The van der Waals surface area contributed by atoms with Gasteiger partial charge < -0.3 is 4.74 Å². The molecular formula is C14H13BrFNO3S. The molecular weight excluding hydrogens is 361 g/mol. The van der Waals surface area contributed by atoms with Gasteiger partial charge in [-0.2, -0.15) is 0 Å². The molecule has 2 aromatic rings. The zero-order chi connectivity index (χ0) is 15.6. The smallest absolute Gasteiger partial charge is 0.264 e. The lowest BCUT2D eigenvalue weighted by Crippen LogP contribution is -2.15. The highest BCUT2D eigenvalue weighted by Gasteiger charge is 2.20. The summed E-state index contributed by atoms with van der Waals surface area (Å²) in [4.78, 5) is -0.423. The van der Waals surface area contributed by atoms with Gasteiger partial charge in [0.2, 0.25) is 0 Å². The highest BCUT2D eigenvalue weighted by Crippen LogP contribution is 2.29. The van der Waals surface area contributed by atoms with Crippen LogP contribution >= 0.6 is 15.9 Å². The summed E-state index contributed by atoms with van der Waals surface area (Å²) in [5.74, 6) is -0.459. The topological polar surface area (TPSA) is 55.4 Å². The molecule has 0 saturated carbocycles. The Labute approximate surface area is 131 Å². The minimum absolute atomic E-state index is 0.255. The molecule has 21 heavy (non-hydrogen) atoms. The number of halogens is 2. The summed E-state index contributed by atoms with van der Waals surface area (Å²) in [7, 11) is -2.59. The van der Waals surface area contributed by atoms with Gasteiger partial charge in [-0.1, -0.05) is 22.0 Å². The first kappa shape index (κ1) is 15.8. The van der Waals surface area contributed by atoms with Gasteiger partial charge >= 0.3 is 0 Å². The van der Waals surface area contributed by atoms with Crippen molar-refractivity contribution in [2.45, 2.75) is 11.8 Å². The van der Waals surface area contributed by atoms with E-state index in [0.29, 0.717) is 10.2 Å². The third-order valence-corrected chi connectivity index (χ3v) is 4.68. The van der Waals surface area contributed by atoms with E-state index in [-0.39, 0.29) is 5.69 Å². The van der Waals surface area contributed by atoms with Crippen molar-refractivity contribution in [3.8, 4) is 5.75 Å². The number of aryl methyl sites for hydroxylation is 1. The van der Waals surface area contributed by atoms with Crippen LogP contribution < -0.4 is 9.46 Å². The molecule has 0 aliphatic rings. The highest BCUT2D eigenvalue weighted by molar-refractivity contribution is 9.10. The normalized spacial score (nSPS) is 11.2. The summed E-state index contributed by atoms with van der Waals surface area (Å²) in [5, 5.41) is 0. The largest absolute Gasteiger partial charge is 0.495 e. The van der Waals surface area contributed by atoms with E-state index in [1.165, 1.54) is 19.2 Å². The number of hydrogen-bond acceptors (Lipinski definition) is 3. The van der Waals surface area contributed by atoms with E-state index < -0.39 is 20.7 Å². The van der Waals surface area contributed by atoms with Crippen LogP contribution in [0.1, 0.15) is 5.56 Å². The molecule has 0 spiro atoms. The monoisotopic (exact) mass is 373 g/mol. The Morgan fingerprint density at radius 1 is 1.19 bits per heavy atom. The number of sulfonamides is 1. The number of ether oxygens (including phenoxy) is 1. The second-order valence-corrected chi connectivity index (χ2v) is 6.95. The van der Waals surface area contributed by atoms with Gasteiger partial charge in [-0.15, -0.1) is 0 Å². The van der Waals surface area contributed by atoms with Crippen molar-refractivity contribution in [1.82, 2.24) is 0 Å². The SMILES string of the molecule is COc1cc(C)ccc1NS(=O)(=O)c1ccc(Br)cc1F. The fraction of sp³-hybridized carbons (Fsp3) is 0.143. The maximum Gasteiger partial charge on any atom is 0.264 e. The Bertz CT molecular complexity index is 778. The molecule has 2 aromatic carbocycles. The Balaban J connectivity index is 2.42. The third kappa shape index (κ3) is 3.54. The van der Waals surface area contributed by atoms with Crippen molar-refractivity contribution >= 4 is 31.6 Å². The molecule has 4 nitrogen and oxygen atoms in total. The first-order chi connectivity index (χ1) is 9.83. The lowest BCUT2D eigenvalue weighted by molar-refractivity contribution is 0.416. The van der Waals surface area contributed by atoms with E-state index >= 15 is 0 Å². The van der Waals surface area contributed by atoms with Crippen LogP contribution in [0.5, 0.6) is 5.75 Å². The molecule has 0 unspecified atom stereocenters. The zero-order valence-electron chi connectivity index (χ0n) is 11.4. The Morgan fingerprint density at radius 2 is 1.90 bits per heavy atom. The van der Waals surface area contributed by atoms with E-state index in [0.717, 1.165) is 11.6 Å². The second-order valence-electron chi connectivity index (χ2n) is 4.38. The molecule has 0 heterocycles. The molecule has 1 N–H and O–H groups in total. The Hall–Kier alpha value is -1.60. The fourth-order valence-corrected chi connectivity index (χ4v) is 3.24. The van der Waals surface area contributed by atoms with Gasteiger partial charge in [0, 0.05) is 4.47 Å². The van der Waals surface area contributed by atoms with E-state index in [9.17, 15) is 12.8 Å². The lowest BCUT2D eigenvalue weighted by atomic mass is 10.2. The fourth-order valence-electron chi connectivity index (χ4n) is 1.78. The first-order valence-corrected chi connectivity index (χ1v) is 8.23. The summed E-state index contributed by atoms with van der Waals surface area (Å²) < 4.78 is 46.3. The number of benzene rings is 2. The van der Waals surface area contributed by atoms with E-state index in [2.05, 4.69) is 20.7 Å². The van der Waals surface area contributed by atoms with Crippen LogP contribution in [0.4, 0.5) is 10.1 Å². The first-order valence-electron chi connectivity index (χ1n) is 5.96. The second kappa shape index (κ2) is 6.03. The van der Waals surface area contributed by atoms with Gasteiger partial charge in [-0.25, -0.2) is 12.8 Å². The summed E-state index contributed by atoms with van der Waals surface area (Å²) in [6.45, 7) is 1.86. The van der Waals surface area contributed by atoms with Gasteiger partial charge in [-0.3, -0.25) is 4.72 Å². The molecule has 0 radical (unpaired) electrons. The van der Waals surface area contributed by atoms with Gasteiger partial charge in [0.05, 0.1) is 12.8 Å². The Morgan fingerprint density at radius 3 is 2.52 bits per heavy atom. The number of hydrogen-bond donors (Lipinski definition) is 1. The maximum atomic E-state index is 13.8. The summed E-state index contributed by atoms with van der Waals surface area (Å²) in [5.41, 5.74) is 1.18. The van der Waals surface area contributed by atoms with Crippen molar-refractivity contribution in [1.29, 1.82) is 0 Å². The summed E-state index contributed by atoms with van der Waals surface area (Å²) >= 11 is 3.09. The molecule has 0 amide bonds. The van der Waals surface area contributed by atoms with Crippen molar-refractivity contribution < 1.29 is 17.5 Å². The standard InChI is InChI=1S/C14H13BrFNO3S/c1-9-3-5-12(13(7-9)20-2)17-21(18,19)14-6-4-10(15)8-11(14)16/h3-8,17H,1-2H3. The predicted molar refractivity (Wildman–Crippen MR) is 82.6 cm³/mol. The predicted octanol–water partition coefficient (Wildman–Crippen LogP) is 3.71. The average molecular weight is 374 g/mol. The minimum atomic E-state index is -4.03. The highest BCUT2D eigenvalue weighted by atomic mass is 79.9. The number of rotatable bonds is 4. The van der Waals surface area contributed by atoms with Crippen LogP contribution in [0.15, 0.2) is 45.8 Å². The third-order valence-electron chi connectivity index (χ3n) is 2.78. The number of methoxy groups -OCH3 is 1. The van der Waals surface area contributed by atoms with Crippen LogP contribution in [0.2, 0.25) is 0 Å². The van der Waals surface area contributed by atoms with Crippen molar-refractivity contribution in [2.24, 2.45) is 0 Å². The molecule has 0 saturated heterocycles. The van der Waals surface area contributed by atoms with Crippen LogP contribution in [0.25, 0.3) is 0 Å². The maximum absolute atomic E-state index is 13.8. The quantitative estimate of drug-likeness (QED) is 0.888. The van der Waals surface area contributed by atoms with Crippen LogP contribution in [0.3, 0.4) is 0 Å². The van der Waals surface area contributed by atoms with E-state index in [1.54, 1.807) is 18.2 Å². The molecule has 7 heteroatoms. The minimum Gasteiger partial charge on any atom is -0.495 e. The van der Waals surface area contributed by atoms with E-state index in [1.807, 2.05) is 6.92 Å². The molecule has 2 rings (SSSR count). The molecule has 0 aliphatic heterocycles. The van der Waals surface area contributed by atoms with Crippen LogP contribution in [-0.4, -0.2) is 15.5 Å². The van der Waals surface area contributed by atoms with E-state index in [4.69, 9.17) is 4.74 Å². The Kier molecular flexibility index (Phi) is 4.53. The molecule has 0 bridgehead atoms. The zero-order valence-corrected chi connectivity index (χ0v) is 13.8. The molecule has 0 fully saturated rings. The molecule has 0 atom stereocenters. The molecule has 112 valence electrons. The van der Waals surface area contributed by atoms with Crippen molar-refractivity contribution in [3.05, 3.63) is 52.3 Å². The summed E-state index contributed by atoms with van der Waals surface area (Å²) in [6.07, 6.45) is 0. The van der Waals surface area contributed by atoms with Crippen LogP contribution in [-0.2, 0) is 10.0 Å². The summed E-state index contributed by atoms with van der Waals surface area (Å²) in [6, 6.07) is 8.75. The van der Waals surface area contributed by atoms with Crippen molar-refractivity contribution in [2.75, 3.05) is 11.8 Å². The number of nitrogens with one attached hydrogen (secondary N) is 1. The van der Waals surface area contributed by atoms with Crippen molar-refractivity contribution in [3.63, 3.8) is 0 Å². The van der Waals surface area contributed by atoms with Gasteiger partial charge in [0.15, 0.2) is 0 Å². The van der Waals surface area contributed by atoms with Gasteiger partial charge in [0.25, 0.3) is 10.0 Å². The van der Waals surface area contributed by atoms with Gasteiger partial charge in [-0.05, 0) is 42.8 Å². The lowest BCUT2D eigenvalue weighted by Gasteiger charge is -2.13. The van der Waals surface area contributed by atoms with Crippen LogP contribution in [0, 0.1) is 12.7 Å². The van der Waals surface area contributed by atoms with Gasteiger partial charge in [0.1, 0.15) is 16.5 Å².